The second-order valence-electron chi connectivity index (χ2n) is 4.02. The third-order valence-electron chi connectivity index (χ3n) is 2.98. The molecule has 1 atom stereocenters. The van der Waals surface area contributed by atoms with Crippen molar-refractivity contribution < 1.29 is 9.53 Å². The van der Waals surface area contributed by atoms with E-state index in [0.29, 0.717) is 19.2 Å². The molecule has 0 spiro atoms. The molecular weight excluding hydrogens is 178 g/mol. The van der Waals surface area contributed by atoms with Gasteiger partial charge in [-0.2, -0.15) is 0 Å². The molecule has 0 aromatic rings. The van der Waals surface area contributed by atoms with Gasteiger partial charge >= 0.3 is 5.97 Å². The lowest BCUT2D eigenvalue weighted by molar-refractivity contribution is -0.142. The Bertz CT molecular complexity index is 176. The molecule has 1 fully saturated rings. The molecule has 0 heterocycles. The van der Waals surface area contributed by atoms with Crippen LogP contribution >= 0.6 is 0 Å². The topological polar surface area (TPSA) is 38.3 Å². The monoisotopic (exact) mass is 199 g/mol. The van der Waals surface area contributed by atoms with E-state index in [1.54, 1.807) is 0 Å². The summed E-state index contributed by atoms with van der Waals surface area (Å²) in [7, 11) is 0. The van der Waals surface area contributed by atoms with Crippen molar-refractivity contribution in [1.29, 1.82) is 0 Å². The first-order chi connectivity index (χ1) is 6.74. The van der Waals surface area contributed by atoms with Crippen molar-refractivity contribution in [3.05, 3.63) is 0 Å². The molecule has 0 amide bonds. The molecule has 0 aromatic heterocycles. The lowest BCUT2D eigenvalue weighted by Gasteiger charge is -2.19. The van der Waals surface area contributed by atoms with E-state index >= 15 is 0 Å². The summed E-state index contributed by atoms with van der Waals surface area (Å²) in [4.78, 5) is 11.1. The van der Waals surface area contributed by atoms with Crippen LogP contribution in [0.15, 0.2) is 0 Å². The third-order valence-corrected chi connectivity index (χ3v) is 2.98. The van der Waals surface area contributed by atoms with Gasteiger partial charge in [0.2, 0.25) is 0 Å². The number of hydrogen-bond acceptors (Lipinski definition) is 3. The Kier molecular flexibility index (Phi) is 4.94. The van der Waals surface area contributed by atoms with Gasteiger partial charge < -0.3 is 10.1 Å². The Morgan fingerprint density at radius 2 is 2.14 bits per heavy atom. The van der Waals surface area contributed by atoms with E-state index in [2.05, 4.69) is 12.2 Å². The molecule has 1 saturated carbocycles. The van der Waals surface area contributed by atoms with Crippen LogP contribution in [0.25, 0.3) is 0 Å². The first-order valence-electron chi connectivity index (χ1n) is 5.63. The molecule has 82 valence electrons. The zero-order chi connectivity index (χ0) is 10.4. The van der Waals surface area contributed by atoms with Crippen LogP contribution in [0.2, 0.25) is 0 Å². The van der Waals surface area contributed by atoms with Gasteiger partial charge in [-0.3, -0.25) is 4.79 Å². The third kappa shape index (κ3) is 3.66. The summed E-state index contributed by atoms with van der Waals surface area (Å²) in [6.07, 6.45) is 5.29. The summed E-state index contributed by atoms with van der Waals surface area (Å²) in [5, 5.41) is 3.23. The fraction of sp³-hybridized carbons (Fsp3) is 0.909. The zero-order valence-electron chi connectivity index (χ0n) is 9.21. The summed E-state index contributed by atoms with van der Waals surface area (Å²) in [5.41, 5.74) is 0. The second-order valence-corrected chi connectivity index (χ2v) is 4.02. The summed E-state index contributed by atoms with van der Waals surface area (Å²) >= 11 is 0. The highest BCUT2D eigenvalue weighted by Gasteiger charge is 2.21. The Morgan fingerprint density at radius 1 is 1.50 bits per heavy atom. The molecular formula is C11H21NO2. The van der Waals surface area contributed by atoms with Crippen molar-refractivity contribution in [3.8, 4) is 0 Å². The largest absolute Gasteiger partial charge is 0.465 e. The van der Waals surface area contributed by atoms with E-state index in [9.17, 15) is 4.79 Å². The maximum absolute atomic E-state index is 11.1. The molecule has 0 saturated heterocycles. The highest BCUT2D eigenvalue weighted by molar-refractivity contribution is 5.71. The summed E-state index contributed by atoms with van der Waals surface area (Å²) in [6, 6.07) is 0.446. The number of hydrogen-bond donors (Lipinski definition) is 1. The van der Waals surface area contributed by atoms with Crippen LogP contribution in [0, 0.1) is 5.92 Å². The van der Waals surface area contributed by atoms with Crippen LogP contribution in [0.3, 0.4) is 0 Å². The zero-order valence-corrected chi connectivity index (χ0v) is 9.21. The Labute approximate surface area is 86.2 Å². The lowest BCUT2D eigenvalue weighted by Crippen LogP contribution is -2.36. The number of nitrogens with one attached hydrogen (secondary N) is 1. The number of carbonyl (C=O) groups is 1. The molecule has 0 aliphatic heterocycles. The minimum atomic E-state index is -0.141. The van der Waals surface area contributed by atoms with Crippen LogP contribution in [-0.2, 0) is 9.53 Å². The highest BCUT2D eigenvalue weighted by Crippen LogP contribution is 2.27. The maximum Gasteiger partial charge on any atom is 0.319 e. The Balaban J connectivity index is 2.13. The Hall–Kier alpha value is -0.570. The molecule has 3 nitrogen and oxygen atoms in total. The van der Waals surface area contributed by atoms with E-state index in [1.807, 2.05) is 6.92 Å². The van der Waals surface area contributed by atoms with Crippen LogP contribution in [0.4, 0.5) is 0 Å². The smallest absolute Gasteiger partial charge is 0.319 e. The van der Waals surface area contributed by atoms with E-state index < -0.39 is 0 Å². The normalized spacial score (nSPS) is 19.6. The molecule has 1 rings (SSSR count). The number of ether oxygens (including phenoxy) is 1. The lowest BCUT2D eigenvalue weighted by atomic mass is 10.00. The van der Waals surface area contributed by atoms with Gasteiger partial charge in [0.25, 0.3) is 0 Å². The first-order valence-corrected chi connectivity index (χ1v) is 5.63. The van der Waals surface area contributed by atoms with Gasteiger partial charge in [0.1, 0.15) is 0 Å². The second kappa shape index (κ2) is 6.02. The summed E-state index contributed by atoms with van der Waals surface area (Å²) in [6.45, 7) is 4.82. The van der Waals surface area contributed by atoms with Crippen molar-refractivity contribution in [3.63, 3.8) is 0 Å². The van der Waals surface area contributed by atoms with Crippen LogP contribution in [0.1, 0.15) is 39.5 Å². The molecule has 0 bridgehead atoms. The molecule has 1 unspecified atom stereocenters. The van der Waals surface area contributed by atoms with E-state index in [4.69, 9.17) is 4.74 Å². The van der Waals surface area contributed by atoms with Gasteiger partial charge in [-0.1, -0.05) is 12.8 Å². The summed E-state index contributed by atoms with van der Waals surface area (Å²) < 4.78 is 4.85. The average Bonchev–Trinajstić information content (AvgIpc) is 2.67. The van der Waals surface area contributed by atoms with E-state index in [-0.39, 0.29) is 5.97 Å². The average molecular weight is 199 g/mol. The highest BCUT2D eigenvalue weighted by atomic mass is 16.5. The van der Waals surface area contributed by atoms with Gasteiger partial charge in [-0.25, -0.2) is 0 Å². The minimum absolute atomic E-state index is 0.141. The molecule has 1 aliphatic rings. The van der Waals surface area contributed by atoms with Crippen molar-refractivity contribution in [2.75, 3.05) is 13.2 Å². The van der Waals surface area contributed by atoms with Gasteiger partial charge in [0, 0.05) is 6.04 Å². The van der Waals surface area contributed by atoms with E-state index in [1.165, 1.54) is 25.7 Å². The molecule has 1 N–H and O–H groups in total. The SMILES string of the molecule is CCOC(=O)CNC(C)C1CCCC1. The Morgan fingerprint density at radius 3 is 2.71 bits per heavy atom. The van der Waals surface area contributed by atoms with Crippen molar-refractivity contribution in [2.24, 2.45) is 5.92 Å². The molecule has 0 aromatic carbocycles. The number of rotatable bonds is 5. The molecule has 14 heavy (non-hydrogen) atoms. The van der Waals surface area contributed by atoms with Gasteiger partial charge in [0.15, 0.2) is 0 Å². The van der Waals surface area contributed by atoms with Gasteiger partial charge in [-0.05, 0) is 32.6 Å². The van der Waals surface area contributed by atoms with E-state index in [0.717, 1.165) is 5.92 Å². The maximum atomic E-state index is 11.1. The fourth-order valence-corrected chi connectivity index (χ4v) is 2.08. The van der Waals surface area contributed by atoms with Crippen LogP contribution < -0.4 is 5.32 Å². The number of carbonyl (C=O) groups excluding carboxylic acids is 1. The van der Waals surface area contributed by atoms with Crippen molar-refractivity contribution >= 4 is 5.97 Å². The molecule has 0 radical (unpaired) electrons. The fourth-order valence-electron chi connectivity index (χ4n) is 2.08. The van der Waals surface area contributed by atoms with Crippen molar-refractivity contribution in [1.82, 2.24) is 5.32 Å². The van der Waals surface area contributed by atoms with Crippen LogP contribution in [0.5, 0.6) is 0 Å². The van der Waals surface area contributed by atoms with Crippen LogP contribution in [-0.4, -0.2) is 25.2 Å². The first kappa shape index (κ1) is 11.5. The predicted molar refractivity (Wildman–Crippen MR) is 56.1 cm³/mol. The summed E-state index contributed by atoms with van der Waals surface area (Å²) in [5.74, 6) is 0.613. The molecule has 1 aliphatic carbocycles. The standard InChI is InChI=1S/C11H21NO2/c1-3-14-11(13)8-12-9(2)10-6-4-5-7-10/h9-10,12H,3-8H2,1-2H3. The van der Waals surface area contributed by atoms with Gasteiger partial charge in [0.05, 0.1) is 13.2 Å². The quantitative estimate of drug-likeness (QED) is 0.685. The minimum Gasteiger partial charge on any atom is -0.465 e. The predicted octanol–water partition coefficient (Wildman–Crippen LogP) is 1.72. The van der Waals surface area contributed by atoms with Crippen molar-refractivity contribution in [2.45, 2.75) is 45.6 Å². The number of esters is 1. The van der Waals surface area contributed by atoms with Gasteiger partial charge in [-0.15, -0.1) is 0 Å². The molecule has 3 heteroatoms.